The molecule has 0 radical (unpaired) electrons. The van der Waals surface area contributed by atoms with Gasteiger partial charge in [0.25, 0.3) is 29.3 Å². The number of hydrogen-bond acceptors (Lipinski definition) is 11. The summed E-state index contributed by atoms with van der Waals surface area (Å²) in [6.45, 7) is 18.7. The third kappa shape index (κ3) is 5.05. The van der Waals surface area contributed by atoms with E-state index in [-0.39, 0.29) is 45.7 Å². The molecule has 0 saturated carbocycles. The van der Waals surface area contributed by atoms with Gasteiger partial charge in [-0.1, -0.05) is 24.3 Å². The lowest BCUT2D eigenvalue weighted by Gasteiger charge is -2.42. The van der Waals surface area contributed by atoms with E-state index in [4.69, 9.17) is 16.0 Å². The lowest BCUT2D eigenvalue weighted by atomic mass is 9.70. The number of hydrogen-bond donors (Lipinski definition) is 0. The van der Waals surface area contributed by atoms with E-state index in [1.165, 1.54) is 36.8 Å². The van der Waals surface area contributed by atoms with Crippen molar-refractivity contribution in [2.24, 2.45) is 21.8 Å². The summed E-state index contributed by atoms with van der Waals surface area (Å²) in [6.07, 6.45) is 9.00. The molecule has 8 rings (SSSR count). The minimum atomic E-state index is -0.697. The molecule has 14 heteroatoms. The predicted molar refractivity (Wildman–Crippen MR) is 205 cm³/mol. The van der Waals surface area contributed by atoms with Crippen molar-refractivity contribution >= 4 is 78.9 Å². The highest BCUT2D eigenvalue weighted by Gasteiger charge is 2.45. The van der Waals surface area contributed by atoms with Crippen molar-refractivity contribution in [1.82, 2.24) is 9.80 Å². The van der Waals surface area contributed by atoms with Crippen molar-refractivity contribution in [2.45, 2.75) is 52.7 Å². The quantitative estimate of drug-likeness (QED) is 0.239. The molecule has 12 nitrogen and oxygen atoms in total. The molecule has 2 aromatic heterocycles. The maximum absolute atomic E-state index is 13.1. The van der Waals surface area contributed by atoms with E-state index in [0.29, 0.717) is 21.5 Å². The number of imide groups is 2. The van der Waals surface area contributed by atoms with Gasteiger partial charge in [-0.25, -0.2) is 14.8 Å². The molecule has 0 saturated heterocycles. The van der Waals surface area contributed by atoms with Crippen LogP contribution in [0, 0.1) is 29.7 Å². The molecule has 0 bridgehead atoms. The Morgan fingerprint density at radius 1 is 0.741 bits per heavy atom. The second-order valence-corrected chi connectivity index (χ2v) is 16.8. The van der Waals surface area contributed by atoms with Gasteiger partial charge in [0, 0.05) is 43.6 Å². The highest BCUT2D eigenvalue weighted by Crippen LogP contribution is 2.57. The van der Waals surface area contributed by atoms with Gasteiger partial charge in [-0.3, -0.25) is 29.0 Å². The van der Waals surface area contributed by atoms with Gasteiger partial charge in [0.2, 0.25) is 0 Å². The van der Waals surface area contributed by atoms with Gasteiger partial charge in [0.1, 0.15) is 55.8 Å². The number of allylic oxidation sites excluding steroid dienone is 4. The van der Waals surface area contributed by atoms with Gasteiger partial charge >= 0.3 is 0 Å². The summed E-state index contributed by atoms with van der Waals surface area (Å²) >= 11 is 2.77. The second-order valence-electron chi connectivity index (χ2n) is 14.7. The first-order valence-electron chi connectivity index (χ1n) is 17.0. The molecule has 4 amide bonds. The van der Waals surface area contributed by atoms with Crippen molar-refractivity contribution in [3.8, 4) is 17.6 Å². The number of carbonyl (C=O) groups is 4. The molecular weight excluding hydrogens is 725 g/mol. The fourth-order valence-electron chi connectivity index (χ4n) is 7.58. The van der Waals surface area contributed by atoms with Gasteiger partial charge < -0.3 is 9.47 Å². The Balaban J connectivity index is 1.18. The molecule has 4 aliphatic heterocycles. The first kappa shape index (κ1) is 35.1. The molecule has 0 fully saturated rings. The summed E-state index contributed by atoms with van der Waals surface area (Å²) in [5, 5.41) is 10.6. The molecule has 6 heterocycles. The molecule has 6 aliphatic rings. The van der Waals surface area contributed by atoms with E-state index in [1.54, 1.807) is 26.0 Å². The average molecular weight is 757 g/mol. The maximum atomic E-state index is 13.1. The standard InChI is InChI=1S/C40H32N6O6S2/c1-17-23(16-41)35(47)45(8)37(49)31(17)43-28-14-26-33(53-28)21-10-19-13-25-22(11-20(19)12-24(21)39(3,4)51-26)34-27(52-40(25,5)6)15-29(54-34)44-32-18(2)30(42-7)36(48)46(9)38(32)50/h10-15,19-20H,1-6,8-9H3. The van der Waals surface area contributed by atoms with Gasteiger partial charge in [-0.05, 0) is 69.4 Å². The van der Waals surface area contributed by atoms with E-state index in [0.717, 1.165) is 41.8 Å². The largest absolute Gasteiger partial charge is 0.482 e. The summed E-state index contributed by atoms with van der Waals surface area (Å²) in [7, 11) is 2.69. The van der Waals surface area contributed by atoms with Crippen LogP contribution in [0.15, 0.2) is 80.0 Å². The Bertz CT molecular complexity index is 2390. The van der Waals surface area contributed by atoms with Crippen LogP contribution < -0.4 is 9.47 Å². The number of rotatable bonds is 2. The number of nitrogens with zero attached hydrogens (tertiary/aromatic N) is 6. The van der Waals surface area contributed by atoms with Crippen LogP contribution in [0.1, 0.15) is 51.3 Å². The van der Waals surface area contributed by atoms with E-state index in [1.807, 2.05) is 33.8 Å². The lowest BCUT2D eigenvalue weighted by Crippen LogP contribution is -2.44. The second kappa shape index (κ2) is 11.8. The minimum absolute atomic E-state index is 0.0127. The van der Waals surface area contributed by atoms with E-state index in [9.17, 15) is 24.4 Å². The molecule has 270 valence electrons. The zero-order valence-corrected chi connectivity index (χ0v) is 32.2. The minimum Gasteiger partial charge on any atom is -0.482 e. The first-order chi connectivity index (χ1) is 25.4. The molecule has 2 aromatic rings. The van der Waals surface area contributed by atoms with Crippen LogP contribution in [-0.4, -0.2) is 70.1 Å². The molecular formula is C40H32N6O6S2. The van der Waals surface area contributed by atoms with Crippen LogP contribution in [0.4, 0.5) is 10.0 Å². The molecule has 0 spiro atoms. The Morgan fingerprint density at radius 2 is 1.19 bits per heavy atom. The van der Waals surface area contributed by atoms with Crippen molar-refractivity contribution < 1.29 is 28.7 Å². The van der Waals surface area contributed by atoms with Crippen LogP contribution >= 0.6 is 22.7 Å². The summed E-state index contributed by atoms with van der Waals surface area (Å²) < 4.78 is 13.1. The Morgan fingerprint density at radius 3 is 1.63 bits per heavy atom. The molecule has 2 unspecified atom stereocenters. The van der Waals surface area contributed by atoms with Gasteiger partial charge in [0.15, 0.2) is 0 Å². The van der Waals surface area contributed by atoms with Crippen molar-refractivity contribution in [2.75, 3.05) is 14.1 Å². The zero-order chi connectivity index (χ0) is 38.8. The topological polar surface area (TPSA) is 146 Å². The number of likely N-dealkylation sites (N-methyl/N-ethyl adjacent to an activating group) is 2. The zero-order valence-electron chi connectivity index (χ0n) is 30.6. The van der Waals surface area contributed by atoms with E-state index in [2.05, 4.69) is 39.1 Å². The third-order valence-electron chi connectivity index (χ3n) is 10.5. The highest BCUT2D eigenvalue weighted by molar-refractivity contribution is 7.17. The first-order valence-corrected chi connectivity index (χ1v) is 18.7. The monoisotopic (exact) mass is 756 g/mol. The fraction of sp³-hybridized carbons (Fsp3) is 0.300. The summed E-state index contributed by atoms with van der Waals surface area (Å²) in [4.78, 5) is 67.4. The summed E-state index contributed by atoms with van der Waals surface area (Å²) in [6, 6.07) is 5.51. The third-order valence-corrected chi connectivity index (χ3v) is 12.6. The molecule has 0 aromatic carbocycles. The van der Waals surface area contributed by atoms with Gasteiger partial charge in [-0.15, -0.1) is 22.7 Å². The maximum Gasteiger partial charge on any atom is 0.279 e. The summed E-state index contributed by atoms with van der Waals surface area (Å²) in [5.74, 6) is -1.16. The molecule has 54 heavy (non-hydrogen) atoms. The molecule has 2 atom stereocenters. The summed E-state index contributed by atoms with van der Waals surface area (Å²) in [5.41, 5.74) is 3.04. The number of nitriles is 1. The molecule has 2 aliphatic carbocycles. The SMILES string of the molecule is [C-]#[N+]C1=C(C)C(=Nc2cc3c(s2)C2=CC4C=C5C(=CC4C=C2C(C)(C)O3)c2sc(N=C3C(=O)N(C)C(=O)C(C#N)=C3C)cc2OC5(C)C)C(=O)N(C)C1=O. The van der Waals surface area contributed by atoms with E-state index < -0.39 is 34.8 Å². The smallest absolute Gasteiger partial charge is 0.279 e. The van der Waals surface area contributed by atoms with E-state index >= 15 is 0 Å². The number of amides is 4. The van der Waals surface area contributed by atoms with Crippen molar-refractivity contribution in [3.63, 3.8) is 0 Å². The van der Waals surface area contributed by atoms with Crippen molar-refractivity contribution in [3.05, 3.63) is 91.2 Å². The Labute approximate surface area is 318 Å². The Hall–Kier alpha value is -5.96. The number of fused-ring (bicyclic) bond motifs is 7. The number of ether oxygens (including phenoxy) is 2. The number of thiophene rings is 2. The lowest BCUT2D eigenvalue weighted by molar-refractivity contribution is -0.138. The number of aliphatic imine (C=N–C) groups is 2. The van der Waals surface area contributed by atoms with Crippen LogP contribution in [0.2, 0.25) is 0 Å². The molecule has 0 N–H and O–H groups in total. The van der Waals surface area contributed by atoms with Crippen LogP contribution in [0.3, 0.4) is 0 Å². The Kier molecular flexibility index (Phi) is 7.65. The van der Waals surface area contributed by atoms with Crippen LogP contribution in [-0.2, 0) is 19.2 Å². The highest BCUT2D eigenvalue weighted by atomic mass is 32.1. The van der Waals surface area contributed by atoms with Crippen LogP contribution in [0.25, 0.3) is 16.0 Å². The normalized spacial score (nSPS) is 25.3. The predicted octanol–water partition coefficient (Wildman–Crippen LogP) is 6.91. The van der Waals surface area contributed by atoms with Crippen molar-refractivity contribution in [1.29, 1.82) is 5.26 Å². The number of carbonyl (C=O) groups excluding carboxylic acids is 4. The average Bonchev–Trinajstić information content (AvgIpc) is 3.72. The van der Waals surface area contributed by atoms with Crippen LogP contribution in [0.5, 0.6) is 11.5 Å². The van der Waals surface area contributed by atoms with Gasteiger partial charge in [0.05, 0.1) is 16.3 Å². The van der Waals surface area contributed by atoms with Gasteiger partial charge in [-0.2, -0.15) is 5.26 Å². The fourth-order valence-corrected chi connectivity index (χ4v) is 9.59.